The average molecular weight is 597 g/mol. The van der Waals surface area contributed by atoms with E-state index in [9.17, 15) is 0 Å². The van der Waals surface area contributed by atoms with Gasteiger partial charge in [0.25, 0.3) is 0 Å². The molecule has 2 heteroatoms. The fraction of sp³-hybridized carbons (Fsp3) is 0.0222. The molecule has 0 amide bonds. The number of benzene rings is 7. The Kier molecular flexibility index (Phi) is 5.53. The van der Waals surface area contributed by atoms with E-state index >= 15 is 0 Å². The van der Waals surface area contributed by atoms with E-state index < -0.39 is 5.41 Å². The van der Waals surface area contributed by atoms with Gasteiger partial charge in [0.2, 0.25) is 0 Å². The summed E-state index contributed by atoms with van der Waals surface area (Å²) in [6.07, 6.45) is 0. The average Bonchev–Trinajstić information content (AvgIpc) is 3.62. The van der Waals surface area contributed by atoms with Crippen LogP contribution < -0.4 is 0 Å². The Morgan fingerprint density at radius 2 is 0.851 bits per heavy atom. The molecule has 0 saturated heterocycles. The van der Waals surface area contributed by atoms with Crippen molar-refractivity contribution in [3.8, 4) is 56.0 Å². The highest BCUT2D eigenvalue weighted by molar-refractivity contribution is 6.00. The Morgan fingerprint density at radius 3 is 1.57 bits per heavy atom. The minimum Gasteiger partial charge on any atom is -0.228 e. The van der Waals surface area contributed by atoms with E-state index in [1.165, 1.54) is 55.6 Å². The van der Waals surface area contributed by atoms with Crippen LogP contribution in [0.2, 0.25) is 0 Å². The second-order valence-corrected chi connectivity index (χ2v) is 12.5. The Morgan fingerprint density at radius 1 is 0.340 bits per heavy atom. The van der Waals surface area contributed by atoms with Gasteiger partial charge in [0.1, 0.15) is 0 Å². The van der Waals surface area contributed by atoms with Crippen LogP contribution in [0.5, 0.6) is 0 Å². The molecule has 2 aliphatic rings. The maximum absolute atomic E-state index is 5.39. The Labute approximate surface area is 273 Å². The van der Waals surface area contributed by atoms with E-state index in [0.29, 0.717) is 0 Å². The van der Waals surface area contributed by atoms with Gasteiger partial charge >= 0.3 is 0 Å². The van der Waals surface area contributed by atoms with E-state index in [2.05, 4.69) is 170 Å². The third-order valence-corrected chi connectivity index (χ3v) is 10.1. The quantitative estimate of drug-likeness (QED) is 0.203. The van der Waals surface area contributed by atoms with Gasteiger partial charge in [0, 0.05) is 16.5 Å². The fourth-order valence-corrected chi connectivity index (χ4v) is 8.20. The molecule has 47 heavy (non-hydrogen) atoms. The molecule has 1 heterocycles. The SMILES string of the molecule is c1ccc(-c2ccc(-c3nc(-c4cccc5c4-c4ccccc4C54c5ccccc5-c5ccccc54)nc4ccccc34)cc2)cc1. The summed E-state index contributed by atoms with van der Waals surface area (Å²) in [5, 5.41) is 1.05. The van der Waals surface area contributed by atoms with E-state index in [1.54, 1.807) is 0 Å². The summed E-state index contributed by atoms with van der Waals surface area (Å²) in [4.78, 5) is 10.6. The molecule has 218 valence electrons. The van der Waals surface area contributed by atoms with Gasteiger partial charge < -0.3 is 0 Å². The normalized spacial score (nSPS) is 13.3. The summed E-state index contributed by atoms with van der Waals surface area (Å²) in [6.45, 7) is 0. The molecule has 2 nitrogen and oxygen atoms in total. The highest BCUT2D eigenvalue weighted by Gasteiger charge is 2.52. The minimum atomic E-state index is -0.401. The predicted molar refractivity (Wildman–Crippen MR) is 192 cm³/mol. The third-order valence-electron chi connectivity index (χ3n) is 10.1. The number of rotatable bonds is 3. The Hall–Kier alpha value is -6.12. The number of hydrogen-bond acceptors (Lipinski definition) is 2. The lowest BCUT2D eigenvalue weighted by Crippen LogP contribution is -2.25. The molecule has 0 bridgehead atoms. The second-order valence-electron chi connectivity index (χ2n) is 12.5. The summed E-state index contributed by atoms with van der Waals surface area (Å²) < 4.78 is 0. The Balaban J connectivity index is 1.23. The first-order valence-corrected chi connectivity index (χ1v) is 16.2. The zero-order valence-electron chi connectivity index (χ0n) is 25.6. The molecule has 10 rings (SSSR count). The first kappa shape index (κ1) is 26.1. The number of para-hydroxylation sites is 1. The van der Waals surface area contributed by atoms with Gasteiger partial charge in [0.15, 0.2) is 5.82 Å². The van der Waals surface area contributed by atoms with Gasteiger partial charge in [-0.15, -0.1) is 0 Å². The number of hydrogen-bond donors (Lipinski definition) is 0. The van der Waals surface area contributed by atoms with Crippen molar-refractivity contribution in [3.63, 3.8) is 0 Å². The first-order valence-electron chi connectivity index (χ1n) is 16.2. The summed E-state index contributed by atoms with van der Waals surface area (Å²) in [5.41, 5.74) is 16.4. The van der Waals surface area contributed by atoms with Crippen molar-refractivity contribution < 1.29 is 0 Å². The molecular weight excluding hydrogens is 569 g/mol. The first-order chi connectivity index (χ1) is 23.3. The van der Waals surface area contributed by atoms with E-state index in [4.69, 9.17) is 9.97 Å². The molecule has 0 radical (unpaired) electrons. The largest absolute Gasteiger partial charge is 0.228 e. The van der Waals surface area contributed by atoms with Crippen LogP contribution >= 0.6 is 0 Å². The molecule has 0 fully saturated rings. The van der Waals surface area contributed by atoms with Crippen LogP contribution in [0, 0.1) is 0 Å². The molecule has 8 aromatic rings. The van der Waals surface area contributed by atoms with Crippen LogP contribution in [-0.4, -0.2) is 9.97 Å². The van der Waals surface area contributed by atoms with Gasteiger partial charge in [-0.05, 0) is 61.7 Å². The van der Waals surface area contributed by atoms with Crippen molar-refractivity contribution in [2.45, 2.75) is 5.41 Å². The number of nitrogens with zero attached hydrogens (tertiary/aromatic N) is 2. The van der Waals surface area contributed by atoms with Gasteiger partial charge in [-0.2, -0.15) is 0 Å². The van der Waals surface area contributed by atoms with Crippen LogP contribution in [-0.2, 0) is 5.41 Å². The lowest BCUT2D eigenvalue weighted by atomic mass is 9.70. The lowest BCUT2D eigenvalue weighted by Gasteiger charge is -2.30. The minimum absolute atomic E-state index is 0.401. The Bertz CT molecular complexity index is 2470. The van der Waals surface area contributed by atoms with Crippen LogP contribution in [0.4, 0.5) is 0 Å². The van der Waals surface area contributed by atoms with Gasteiger partial charge in [-0.1, -0.05) is 164 Å². The van der Waals surface area contributed by atoms with Crippen molar-refractivity contribution in [1.82, 2.24) is 9.97 Å². The summed E-state index contributed by atoms with van der Waals surface area (Å²) in [7, 11) is 0. The molecule has 1 spiro atoms. The highest BCUT2D eigenvalue weighted by atomic mass is 14.9. The van der Waals surface area contributed by atoms with Crippen molar-refractivity contribution in [3.05, 3.63) is 192 Å². The van der Waals surface area contributed by atoms with Crippen LogP contribution in [0.1, 0.15) is 22.3 Å². The lowest BCUT2D eigenvalue weighted by molar-refractivity contribution is 0.794. The number of fused-ring (bicyclic) bond motifs is 11. The van der Waals surface area contributed by atoms with E-state index in [-0.39, 0.29) is 0 Å². The van der Waals surface area contributed by atoms with Crippen molar-refractivity contribution >= 4 is 10.9 Å². The monoisotopic (exact) mass is 596 g/mol. The maximum atomic E-state index is 5.39. The van der Waals surface area contributed by atoms with E-state index in [1.807, 2.05) is 0 Å². The number of aromatic nitrogens is 2. The molecule has 1 aromatic heterocycles. The topological polar surface area (TPSA) is 25.8 Å². The van der Waals surface area contributed by atoms with Crippen molar-refractivity contribution in [1.29, 1.82) is 0 Å². The molecule has 7 aromatic carbocycles. The molecule has 0 atom stereocenters. The molecule has 2 aliphatic carbocycles. The van der Waals surface area contributed by atoms with Crippen molar-refractivity contribution in [2.75, 3.05) is 0 Å². The van der Waals surface area contributed by atoms with Crippen LogP contribution in [0.25, 0.3) is 66.9 Å². The summed E-state index contributed by atoms with van der Waals surface area (Å²) >= 11 is 0. The predicted octanol–water partition coefficient (Wildman–Crippen LogP) is 11.0. The van der Waals surface area contributed by atoms with Crippen LogP contribution in [0.15, 0.2) is 170 Å². The molecule has 0 saturated carbocycles. The highest BCUT2D eigenvalue weighted by Crippen LogP contribution is 2.63. The maximum Gasteiger partial charge on any atom is 0.161 e. The summed E-state index contributed by atoms with van der Waals surface area (Å²) in [6, 6.07) is 61.1. The standard InChI is InChI=1S/C45H28N2/c1-2-13-29(14-3-1)30-25-27-31(28-26-30)43-35-18-7-11-24-41(35)46-44(47-43)36-19-12-23-40-42(36)34-17-6-10-22-39(34)45(40)37-20-8-4-15-32(37)33-16-5-9-21-38(33)45/h1-28H. The van der Waals surface area contributed by atoms with Gasteiger partial charge in [0.05, 0.1) is 16.6 Å². The zero-order valence-corrected chi connectivity index (χ0v) is 25.6. The molecule has 0 N–H and O–H groups in total. The fourth-order valence-electron chi connectivity index (χ4n) is 8.20. The smallest absolute Gasteiger partial charge is 0.161 e. The van der Waals surface area contributed by atoms with E-state index in [0.717, 1.165) is 33.5 Å². The summed E-state index contributed by atoms with van der Waals surface area (Å²) in [5.74, 6) is 0.745. The van der Waals surface area contributed by atoms with Gasteiger partial charge in [-0.25, -0.2) is 9.97 Å². The second kappa shape index (κ2) is 9.94. The molecule has 0 aliphatic heterocycles. The molecular formula is C45H28N2. The van der Waals surface area contributed by atoms with Crippen molar-refractivity contribution in [2.24, 2.45) is 0 Å². The van der Waals surface area contributed by atoms with Gasteiger partial charge in [-0.3, -0.25) is 0 Å². The third kappa shape index (κ3) is 3.61. The molecule has 0 unspecified atom stereocenters. The zero-order chi connectivity index (χ0) is 31.0. The van der Waals surface area contributed by atoms with Crippen LogP contribution in [0.3, 0.4) is 0 Å².